The molecule has 0 aliphatic carbocycles. The van der Waals surface area contributed by atoms with Gasteiger partial charge in [0, 0.05) is 44.2 Å². The molecule has 0 bridgehead atoms. The molecule has 3 nitrogen and oxygen atoms in total. The number of hydrogen-bond acceptors (Lipinski definition) is 3. The van der Waals surface area contributed by atoms with Crippen LogP contribution in [0.25, 0.3) is 0 Å². The van der Waals surface area contributed by atoms with Gasteiger partial charge < -0.3 is 4.90 Å². The van der Waals surface area contributed by atoms with E-state index < -0.39 is 0 Å². The third-order valence-corrected chi connectivity index (χ3v) is 4.67. The molecule has 1 saturated heterocycles. The highest BCUT2D eigenvalue weighted by molar-refractivity contribution is 6.43. The van der Waals surface area contributed by atoms with Crippen LogP contribution in [0.1, 0.15) is 23.7 Å². The third kappa shape index (κ3) is 3.73. The first-order valence-corrected chi connectivity index (χ1v) is 7.64. The fraction of sp³-hybridized carbons (Fsp3) is 0.533. The summed E-state index contributed by atoms with van der Waals surface area (Å²) in [6.07, 6.45) is 0.480. The van der Waals surface area contributed by atoms with Gasteiger partial charge in [-0.15, -0.1) is 0 Å². The first kappa shape index (κ1) is 15.8. The van der Waals surface area contributed by atoms with E-state index in [0.717, 1.165) is 26.2 Å². The van der Waals surface area contributed by atoms with Gasteiger partial charge in [0.1, 0.15) is 0 Å². The summed E-state index contributed by atoms with van der Waals surface area (Å²) < 4.78 is 0. The molecule has 1 atom stereocenters. The van der Waals surface area contributed by atoms with Gasteiger partial charge in [0.05, 0.1) is 10.0 Å². The van der Waals surface area contributed by atoms with Crippen molar-refractivity contribution in [2.75, 3.05) is 33.2 Å². The zero-order chi connectivity index (χ0) is 14.7. The lowest BCUT2D eigenvalue weighted by molar-refractivity contribution is 0.0843. The molecule has 5 heteroatoms. The Hall–Kier alpha value is -0.610. The maximum Gasteiger partial charge on any atom is 0.165 e. The molecule has 1 aliphatic heterocycles. The predicted molar refractivity (Wildman–Crippen MR) is 83.9 cm³/mol. The smallest absolute Gasteiger partial charge is 0.165 e. The third-order valence-electron chi connectivity index (χ3n) is 3.85. The van der Waals surface area contributed by atoms with E-state index >= 15 is 0 Å². The molecule has 0 amide bonds. The van der Waals surface area contributed by atoms with E-state index in [2.05, 4.69) is 23.8 Å². The number of hydrogen-bond donors (Lipinski definition) is 0. The molecule has 1 unspecified atom stereocenters. The van der Waals surface area contributed by atoms with Gasteiger partial charge in [0.15, 0.2) is 5.78 Å². The predicted octanol–water partition coefficient (Wildman–Crippen LogP) is 3.20. The number of rotatable bonds is 4. The maximum atomic E-state index is 12.3. The Kier molecular flexibility index (Phi) is 5.44. The zero-order valence-electron chi connectivity index (χ0n) is 11.9. The van der Waals surface area contributed by atoms with Crippen LogP contribution in [0.15, 0.2) is 18.2 Å². The lowest BCUT2D eigenvalue weighted by Crippen LogP contribution is -2.50. The molecular weight excluding hydrogens is 295 g/mol. The van der Waals surface area contributed by atoms with Crippen molar-refractivity contribution >= 4 is 29.0 Å². The topological polar surface area (TPSA) is 23.6 Å². The number of benzene rings is 1. The molecule has 0 aromatic heterocycles. The first-order chi connectivity index (χ1) is 9.49. The molecule has 20 heavy (non-hydrogen) atoms. The van der Waals surface area contributed by atoms with Crippen LogP contribution in [0.2, 0.25) is 10.0 Å². The largest absolute Gasteiger partial charge is 0.304 e. The van der Waals surface area contributed by atoms with Gasteiger partial charge in [-0.05, 0) is 26.1 Å². The highest BCUT2D eigenvalue weighted by Crippen LogP contribution is 2.26. The lowest BCUT2D eigenvalue weighted by atomic mass is 10.1. The molecule has 1 aromatic rings. The number of ketones is 1. The summed E-state index contributed by atoms with van der Waals surface area (Å²) >= 11 is 12.0. The first-order valence-electron chi connectivity index (χ1n) is 6.89. The van der Waals surface area contributed by atoms with Gasteiger partial charge in [0.25, 0.3) is 0 Å². The molecule has 110 valence electrons. The van der Waals surface area contributed by atoms with Crippen molar-refractivity contribution in [3.63, 3.8) is 0 Å². The number of carbonyl (C=O) groups is 1. The van der Waals surface area contributed by atoms with E-state index in [1.54, 1.807) is 18.2 Å². The van der Waals surface area contributed by atoms with Crippen molar-refractivity contribution < 1.29 is 4.79 Å². The Labute approximate surface area is 130 Å². The molecule has 0 radical (unpaired) electrons. The minimum Gasteiger partial charge on any atom is -0.304 e. The fourth-order valence-corrected chi connectivity index (χ4v) is 3.01. The second-order valence-electron chi connectivity index (χ2n) is 5.42. The Morgan fingerprint density at radius 2 is 2.10 bits per heavy atom. The molecule has 2 rings (SSSR count). The average Bonchev–Trinajstić information content (AvgIpc) is 2.40. The van der Waals surface area contributed by atoms with Gasteiger partial charge in [-0.2, -0.15) is 0 Å². The van der Waals surface area contributed by atoms with Crippen LogP contribution in [-0.4, -0.2) is 54.9 Å². The van der Waals surface area contributed by atoms with E-state index in [4.69, 9.17) is 23.2 Å². The van der Waals surface area contributed by atoms with Crippen LogP contribution >= 0.6 is 23.2 Å². The van der Waals surface area contributed by atoms with Gasteiger partial charge >= 0.3 is 0 Å². The summed E-state index contributed by atoms with van der Waals surface area (Å²) in [4.78, 5) is 16.9. The molecule has 1 aliphatic rings. The Morgan fingerprint density at radius 1 is 1.35 bits per heavy atom. The second-order valence-corrected chi connectivity index (χ2v) is 6.21. The number of likely N-dealkylation sites (N-methyl/N-ethyl adjacent to an activating group) is 1. The standard InChI is InChI=1S/C15H20Cl2N2O/c1-11-10-18(2)8-9-19(11)7-6-14(20)12-4-3-5-13(16)15(12)17/h3-5,11H,6-10H2,1-2H3. The molecule has 1 heterocycles. The molecule has 0 N–H and O–H groups in total. The minimum atomic E-state index is 0.0589. The number of Topliss-reactive ketones (excluding diaryl/α,β-unsaturated/α-hetero) is 1. The number of halogens is 2. The summed E-state index contributed by atoms with van der Waals surface area (Å²) in [5, 5.41) is 0.802. The second kappa shape index (κ2) is 6.90. The van der Waals surface area contributed by atoms with Crippen molar-refractivity contribution in [1.82, 2.24) is 9.80 Å². The summed E-state index contributed by atoms with van der Waals surface area (Å²) in [6.45, 7) is 6.08. The van der Waals surface area contributed by atoms with E-state index in [1.165, 1.54) is 0 Å². The zero-order valence-corrected chi connectivity index (χ0v) is 13.4. The van der Waals surface area contributed by atoms with Crippen molar-refractivity contribution in [2.24, 2.45) is 0 Å². The maximum absolute atomic E-state index is 12.3. The van der Waals surface area contributed by atoms with Crippen molar-refractivity contribution in [3.8, 4) is 0 Å². The average molecular weight is 315 g/mol. The van der Waals surface area contributed by atoms with E-state index in [-0.39, 0.29) is 5.78 Å². The van der Waals surface area contributed by atoms with Crippen LogP contribution in [0, 0.1) is 0 Å². The summed E-state index contributed by atoms with van der Waals surface area (Å²) in [7, 11) is 2.13. The van der Waals surface area contributed by atoms with Crippen LogP contribution in [0.5, 0.6) is 0 Å². The SMILES string of the molecule is CC1CN(C)CCN1CCC(=O)c1cccc(Cl)c1Cl. The van der Waals surface area contributed by atoms with Gasteiger partial charge in [-0.1, -0.05) is 29.3 Å². The summed E-state index contributed by atoms with van der Waals surface area (Å²) in [5.74, 6) is 0.0589. The molecule has 0 spiro atoms. The molecule has 0 saturated carbocycles. The molecular formula is C15H20Cl2N2O. The highest BCUT2D eigenvalue weighted by atomic mass is 35.5. The summed E-state index contributed by atoms with van der Waals surface area (Å²) in [6, 6.07) is 5.68. The summed E-state index contributed by atoms with van der Waals surface area (Å²) in [5.41, 5.74) is 0.529. The number of nitrogens with zero attached hydrogens (tertiary/aromatic N) is 2. The van der Waals surface area contributed by atoms with Gasteiger partial charge in [0.2, 0.25) is 0 Å². The fourth-order valence-electron chi connectivity index (χ4n) is 2.61. The van der Waals surface area contributed by atoms with Crippen LogP contribution in [0.4, 0.5) is 0 Å². The van der Waals surface area contributed by atoms with E-state index in [1.807, 2.05) is 0 Å². The molecule has 1 fully saturated rings. The number of carbonyl (C=O) groups excluding carboxylic acids is 1. The normalized spacial score (nSPS) is 21.1. The van der Waals surface area contributed by atoms with Crippen molar-refractivity contribution in [3.05, 3.63) is 33.8 Å². The van der Waals surface area contributed by atoms with Crippen LogP contribution in [0.3, 0.4) is 0 Å². The van der Waals surface area contributed by atoms with E-state index in [9.17, 15) is 4.79 Å². The van der Waals surface area contributed by atoms with Gasteiger partial charge in [-0.3, -0.25) is 9.69 Å². The van der Waals surface area contributed by atoms with E-state index in [0.29, 0.717) is 28.1 Å². The van der Waals surface area contributed by atoms with Crippen LogP contribution < -0.4 is 0 Å². The Balaban J connectivity index is 1.94. The van der Waals surface area contributed by atoms with Crippen LogP contribution in [-0.2, 0) is 0 Å². The lowest BCUT2D eigenvalue weighted by Gasteiger charge is -2.38. The Morgan fingerprint density at radius 3 is 2.80 bits per heavy atom. The van der Waals surface area contributed by atoms with Gasteiger partial charge in [-0.25, -0.2) is 0 Å². The Bertz CT molecular complexity index is 493. The quantitative estimate of drug-likeness (QED) is 0.797. The number of piperazine rings is 1. The van der Waals surface area contributed by atoms with Crippen molar-refractivity contribution in [1.29, 1.82) is 0 Å². The monoisotopic (exact) mass is 314 g/mol. The molecule has 1 aromatic carbocycles. The highest BCUT2D eigenvalue weighted by Gasteiger charge is 2.22. The minimum absolute atomic E-state index is 0.0589. The van der Waals surface area contributed by atoms with Crippen molar-refractivity contribution in [2.45, 2.75) is 19.4 Å².